The van der Waals surface area contributed by atoms with E-state index in [9.17, 15) is 21.6 Å². The molecule has 0 amide bonds. The molecule has 1 aliphatic heterocycles. The highest BCUT2D eigenvalue weighted by Crippen LogP contribution is 2.34. The van der Waals surface area contributed by atoms with E-state index in [0.717, 1.165) is 4.31 Å². The average Bonchev–Trinajstić information content (AvgIpc) is 2.75. The molecule has 1 fully saturated rings. The minimum absolute atomic E-state index is 0.0917. The third kappa shape index (κ3) is 3.15. The van der Waals surface area contributed by atoms with Crippen molar-refractivity contribution in [3.8, 4) is 0 Å². The fraction of sp³-hybridized carbons (Fsp3) is 0.538. The maximum atomic E-state index is 12.5. The zero-order chi connectivity index (χ0) is 15.0. The van der Waals surface area contributed by atoms with Gasteiger partial charge < -0.3 is 0 Å². The summed E-state index contributed by atoms with van der Waals surface area (Å²) < 4.78 is 63.6. The Morgan fingerprint density at radius 1 is 1.30 bits per heavy atom. The van der Waals surface area contributed by atoms with Gasteiger partial charge in [0.2, 0.25) is 10.0 Å². The molecule has 0 aliphatic carbocycles. The van der Waals surface area contributed by atoms with E-state index < -0.39 is 28.7 Å². The van der Waals surface area contributed by atoms with E-state index in [2.05, 4.69) is 0 Å². The molecule has 1 unspecified atom stereocenters. The summed E-state index contributed by atoms with van der Waals surface area (Å²) in [5.41, 5.74) is 0.546. The first-order valence-electron chi connectivity index (χ1n) is 6.36. The number of sulfonamides is 1. The molecule has 1 atom stereocenters. The molecule has 0 N–H and O–H groups in total. The van der Waals surface area contributed by atoms with Crippen molar-refractivity contribution in [2.24, 2.45) is 0 Å². The number of nitrogens with zero attached hydrogens (tertiary/aromatic N) is 1. The van der Waals surface area contributed by atoms with Crippen LogP contribution in [0.4, 0.5) is 13.2 Å². The van der Waals surface area contributed by atoms with Gasteiger partial charge in [0, 0.05) is 12.6 Å². The SMILES string of the molecule is Cc1ccccc1S(=O)(=O)N1CCCC1CC(F)(F)F. The van der Waals surface area contributed by atoms with Crippen LogP contribution in [-0.4, -0.2) is 31.5 Å². The van der Waals surface area contributed by atoms with Crippen molar-refractivity contribution in [1.29, 1.82) is 0 Å². The first kappa shape index (κ1) is 15.3. The van der Waals surface area contributed by atoms with E-state index in [-0.39, 0.29) is 17.9 Å². The first-order chi connectivity index (χ1) is 9.22. The molecule has 7 heteroatoms. The van der Waals surface area contributed by atoms with Crippen molar-refractivity contribution in [2.45, 2.75) is 43.3 Å². The Morgan fingerprint density at radius 2 is 1.95 bits per heavy atom. The lowest BCUT2D eigenvalue weighted by atomic mass is 10.1. The zero-order valence-corrected chi connectivity index (χ0v) is 11.8. The molecule has 0 spiro atoms. The van der Waals surface area contributed by atoms with Crippen LogP contribution in [0.3, 0.4) is 0 Å². The van der Waals surface area contributed by atoms with E-state index >= 15 is 0 Å². The van der Waals surface area contributed by atoms with Crippen molar-refractivity contribution in [1.82, 2.24) is 4.31 Å². The number of hydrogen-bond acceptors (Lipinski definition) is 2. The number of alkyl halides is 3. The van der Waals surface area contributed by atoms with Gasteiger partial charge in [-0.1, -0.05) is 18.2 Å². The predicted octanol–water partition coefficient (Wildman–Crippen LogP) is 3.10. The van der Waals surface area contributed by atoms with E-state index in [4.69, 9.17) is 0 Å². The predicted molar refractivity (Wildman–Crippen MR) is 68.8 cm³/mol. The Morgan fingerprint density at radius 3 is 2.55 bits per heavy atom. The van der Waals surface area contributed by atoms with Crippen LogP contribution in [0.5, 0.6) is 0 Å². The Kier molecular flexibility index (Phi) is 4.11. The largest absolute Gasteiger partial charge is 0.390 e. The fourth-order valence-electron chi connectivity index (χ4n) is 2.57. The molecule has 20 heavy (non-hydrogen) atoms. The van der Waals surface area contributed by atoms with Crippen molar-refractivity contribution in [3.05, 3.63) is 29.8 Å². The van der Waals surface area contributed by atoms with E-state index in [0.29, 0.717) is 12.0 Å². The lowest BCUT2D eigenvalue weighted by molar-refractivity contribution is -0.142. The van der Waals surface area contributed by atoms with Crippen molar-refractivity contribution in [2.75, 3.05) is 6.54 Å². The maximum absolute atomic E-state index is 12.5. The minimum Gasteiger partial charge on any atom is -0.207 e. The summed E-state index contributed by atoms with van der Waals surface area (Å²) in [6, 6.07) is 5.37. The molecule has 0 radical (unpaired) electrons. The summed E-state index contributed by atoms with van der Waals surface area (Å²) in [6.45, 7) is 1.79. The highest BCUT2D eigenvalue weighted by molar-refractivity contribution is 7.89. The Balaban J connectivity index is 2.32. The molecule has 1 aromatic rings. The van der Waals surface area contributed by atoms with Crippen LogP contribution >= 0.6 is 0 Å². The van der Waals surface area contributed by atoms with E-state index in [1.807, 2.05) is 0 Å². The highest BCUT2D eigenvalue weighted by Gasteiger charge is 2.42. The summed E-state index contributed by atoms with van der Waals surface area (Å²) in [6.07, 6.45) is -4.72. The van der Waals surface area contributed by atoms with Gasteiger partial charge in [0.1, 0.15) is 0 Å². The molecular weight excluding hydrogens is 291 g/mol. The highest BCUT2D eigenvalue weighted by atomic mass is 32.2. The van der Waals surface area contributed by atoms with E-state index in [1.54, 1.807) is 25.1 Å². The van der Waals surface area contributed by atoms with Crippen LogP contribution in [-0.2, 0) is 10.0 Å². The average molecular weight is 307 g/mol. The summed E-state index contributed by atoms with van der Waals surface area (Å²) in [5.74, 6) is 0. The van der Waals surface area contributed by atoms with Crippen molar-refractivity contribution >= 4 is 10.0 Å². The van der Waals surface area contributed by atoms with Gasteiger partial charge in [0.15, 0.2) is 0 Å². The third-order valence-electron chi connectivity index (χ3n) is 3.47. The van der Waals surface area contributed by atoms with Gasteiger partial charge in [-0.25, -0.2) is 8.42 Å². The van der Waals surface area contributed by atoms with Crippen molar-refractivity contribution in [3.63, 3.8) is 0 Å². The Bertz CT molecular complexity index is 584. The molecule has 0 bridgehead atoms. The monoisotopic (exact) mass is 307 g/mol. The molecule has 1 aromatic carbocycles. The second kappa shape index (κ2) is 5.37. The molecule has 0 saturated carbocycles. The van der Waals surface area contributed by atoms with Gasteiger partial charge in [0.05, 0.1) is 11.3 Å². The number of benzene rings is 1. The van der Waals surface area contributed by atoms with E-state index in [1.165, 1.54) is 6.07 Å². The number of halogens is 3. The normalized spacial score (nSPS) is 21.3. The van der Waals surface area contributed by atoms with Crippen LogP contribution in [0.15, 0.2) is 29.2 Å². The van der Waals surface area contributed by atoms with Crippen LogP contribution in [0, 0.1) is 6.92 Å². The third-order valence-corrected chi connectivity index (χ3v) is 5.58. The first-order valence-corrected chi connectivity index (χ1v) is 7.80. The lowest BCUT2D eigenvalue weighted by Gasteiger charge is -2.25. The van der Waals surface area contributed by atoms with Gasteiger partial charge in [0.25, 0.3) is 0 Å². The Hall–Kier alpha value is -1.08. The molecule has 1 saturated heterocycles. The van der Waals surface area contributed by atoms with Gasteiger partial charge >= 0.3 is 6.18 Å². The van der Waals surface area contributed by atoms with Gasteiger partial charge in [-0.2, -0.15) is 17.5 Å². The van der Waals surface area contributed by atoms with Crippen LogP contribution in [0.1, 0.15) is 24.8 Å². The summed E-state index contributed by atoms with van der Waals surface area (Å²) >= 11 is 0. The zero-order valence-electron chi connectivity index (χ0n) is 11.0. The van der Waals surface area contributed by atoms with Crippen LogP contribution in [0.25, 0.3) is 0 Å². The molecule has 1 aliphatic rings. The van der Waals surface area contributed by atoms with Gasteiger partial charge in [-0.3, -0.25) is 0 Å². The standard InChI is InChI=1S/C13H16F3NO2S/c1-10-5-2-3-7-12(10)20(18,19)17-8-4-6-11(17)9-13(14,15)16/h2-3,5,7,11H,4,6,8-9H2,1H3. The fourth-order valence-corrected chi connectivity index (χ4v) is 4.49. The summed E-state index contributed by atoms with van der Waals surface area (Å²) in [4.78, 5) is 0.0917. The summed E-state index contributed by atoms with van der Waals surface area (Å²) in [5, 5.41) is 0. The van der Waals surface area contributed by atoms with Crippen LogP contribution in [0.2, 0.25) is 0 Å². The molecule has 3 nitrogen and oxygen atoms in total. The molecule has 1 heterocycles. The molecule has 0 aromatic heterocycles. The van der Waals surface area contributed by atoms with Gasteiger partial charge in [-0.15, -0.1) is 0 Å². The maximum Gasteiger partial charge on any atom is 0.390 e. The second-order valence-corrected chi connectivity index (χ2v) is 6.86. The lowest BCUT2D eigenvalue weighted by Crippen LogP contribution is -2.38. The van der Waals surface area contributed by atoms with Gasteiger partial charge in [-0.05, 0) is 31.4 Å². The quantitative estimate of drug-likeness (QED) is 0.860. The molecule has 112 valence electrons. The number of hydrogen-bond donors (Lipinski definition) is 0. The Labute approximate surface area is 116 Å². The molecular formula is C13H16F3NO2S. The molecule has 2 rings (SSSR count). The number of rotatable bonds is 3. The topological polar surface area (TPSA) is 37.4 Å². The second-order valence-electron chi connectivity index (χ2n) is 5.00. The van der Waals surface area contributed by atoms with Crippen molar-refractivity contribution < 1.29 is 21.6 Å². The minimum atomic E-state index is -4.35. The summed E-state index contributed by atoms with van der Waals surface area (Å²) in [7, 11) is -3.86. The number of aryl methyl sites for hydroxylation is 1. The van der Waals surface area contributed by atoms with Crippen LogP contribution < -0.4 is 0 Å². The smallest absolute Gasteiger partial charge is 0.207 e.